The van der Waals surface area contributed by atoms with E-state index in [1.165, 1.54) is 24.3 Å². The zero-order valence-corrected chi connectivity index (χ0v) is 10.7. The highest BCUT2D eigenvalue weighted by Crippen LogP contribution is 2.08. The van der Waals surface area contributed by atoms with E-state index in [-0.39, 0.29) is 24.7 Å². The molecule has 0 fully saturated rings. The van der Waals surface area contributed by atoms with E-state index in [1.54, 1.807) is 4.90 Å². The number of hydrogen-bond donors (Lipinski definition) is 2. The number of amides is 1. The number of nitrogens with one attached hydrogen (secondary N) is 1. The van der Waals surface area contributed by atoms with Crippen molar-refractivity contribution in [2.45, 2.75) is 13.3 Å². The normalized spacial score (nSPS) is 10.5. The fraction of sp³-hybridized carbons (Fsp3) is 0.385. The molecule has 104 valence electrons. The first kappa shape index (κ1) is 15.1. The number of nitrogens with zero attached hydrogens (tertiary/aromatic N) is 1. The van der Waals surface area contributed by atoms with Crippen LogP contribution in [0.2, 0.25) is 0 Å². The van der Waals surface area contributed by atoms with E-state index in [2.05, 4.69) is 5.32 Å². The van der Waals surface area contributed by atoms with Crippen LogP contribution in [-0.2, 0) is 9.59 Å². The third-order valence-electron chi connectivity index (χ3n) is 2.58. The van der Waals surface area contributed by atoms with Crippen molar-refractivity contribution in [3.63, 3.8) is 0 Å². The van der Waals surface area contributed by atoms with Gasteiger partial charge in [0.05, 0.1) is 13.0 Å². The number of rotatable bonds is 7. The molecule has 1 amide bonds. The summed E-state index contributed by atoms with van der Waals surface area (Å²) in [6.45, 7) is 2.88. The highest BCUT2D eigenvalue weighted by Gasteiger charge is 2.10. The molecule has 0 unspecified atom stereocenters. The van der Waals surface area contributed by atoms with E-state index in [0.29, 0.717) is 18.8 Å². The predicted octanol–water partition coefficient (Wildman–Crippen LogP) is 1.56. The Morgan fingerprint density at radius 1 is 1.32 bits per heavy atom. The average Bonchev–Trinajstić information content (AvgIpc) is 2.37. The smallest absolute Gasteiger partial charge is 0.304 e. The van der Waals surface area contributed by atoms with Gasteiger partial charge >= 0.3 is 5.97 Å². The Bertz CT molecular complexity index is 434. The zero-order chi connectivity index (χ0) is 14.3. The van der Waals surface area contributed by atoms with E-state index < -0.39 is 5.97 Å². The van der Waals surface area contributed by atoms with Crippen LogP contribution in [0, 0.1) is 5.82 Å². The minimum Gasteiger partial charge on any atom is -0.481 e. The molecular weight excluding hydrogens is 251 g/mol. The number of anilines is 1. The zero-order valence-electron chi connectivity index (χ0n) is 10.7. The molecule has 2 N–H and O–H groups in total. The average molecular weight is 268 g/mol. The molecular formula is C13H17FN2O3. The number of halogens is 1. The van der Waals surface area contributed by atoms with Gasteiger partial charge in [-0.3, -0.25) is 14.5 Å². The van der Waals surface area contributed by atoms with E-state index in [9.17, 15) is 14.0 Å². The molecule has 0 aliphatic rings. The van der Waals surface area contributed by atoms with Gasteiger partial charge in [-0.1, -0.05) is 6.92 Å². The Kier molecular flexibility index (Phi) is 5.95. The van der Waals surface area contributed by atoms with Crippen molar-refractivity contribution in [2.75, 3.05) is 25.0 Å². The Morgan fingerprint density at radius 2 is 1.95 bits per heavy atom. The van der Waals surface area contributed by atoms with Gasteiger partial charge in [0.25, 0.3) is 0 Å². The number of carbonyl (C=O) groups is 2. The van der Waals surface area contributed by atoms with Crippen LogP contribution in [0.3, 0.4) is 0 Å². The lowest BCUT2D eigenvalue weighted by Crippen LogP contribution is -2.34. The molecule has 19 heavy (non-hydrogen) atoms. The second-order valence-electron chi connectivity index (χ2n) is 4.07. The van der Waals surface area contributed by atoms with Gasteiger partial charge in [-0.05, 0) is 30.8 Å². The first-order valence-corrected chi connectivity index (χ1v) is 6.01. The van der Waals surface area contributed by atoms with E-state index in [4.69, 9.17) is 5.11 Å². The number of aliphatic carboxylic acids is 1. The van der Waals surface area contributed by atoms with Crippen molar-refractivity contribution in [3.8, 4) is 0 Å². The van der Waals surface area contributed by atoms with Gasteiger partial charge in [-0.25, -0.2) is 4.39 Å². The molecule has 0 radical (unpaired) electrons. The lowest BCUT2D eigenvalue weighted by molar-refractivity contribution is -0.137. The highest BCUT2D eigenvalue weighted by molar-refractivity contribution is 5.92. The Labute approximate surface area is 111 Å². The summed E-state index contributed by atoms with van der Waals surface area (Å²) in [5, 5.41) is 11.2. The molecule has 0 aliphatic heterocycles. The highest BCUT2D eigenvalue weighted by atomic mass is 19.1. The van der Waals surface area contributed by atoms with Gasteiger partial charge in [0.2, 0.25) is 5.91 Å². The van der Waals surface area contributed by atoms with Crippen LogP contribution in [0.1, 0.15) is 13.3 Å². The standard InChI is InChI=1S/C13H17FN2O3/c1-2-16(8-7-13(18)19)9-12(17)15-11-5-3-10(14)4-6-11/h3-6H,2,7-9H2,1H3,(H,15,17)(H,18,19). The number of carboxylic acid groups (broad SMARTS) is 1. The molecule has 5 nitrogen and oxygen atoms in total. The van der Waals surface area contributed by atoms with Gasteiger partial charge < -0.3 is 10.4 Å². The molecule has 6 heteroatoms. The second kappa shape index (κ2) is 7.48. The van der Waals surface area contributed by atoms with Crippen molar-refractivity contribution < 1.29 is 19.1 Å². The van der Waals surface area contributed by atoms with Gasteiger partial charge in [-0.2, -0.15) is 0 Å². The van der Waals surface area contributed by atoms with E-state index >= 15 is 0 Å². The summed E-state index contributed by atoms with van der Waals surface area (Å²) in [6.07, 6.45) is -0.00231. The van der Waals surface area contributed by atoms with Crippen molar-refractivity contribution >= 4 is 17.6 Å². The van der Waals surface area contributed by atoms with Crippen molar-refractivity contribution in [3.05, 3.63) is 30.1 Å². The summed E-state index contributed by atoms with van der Waals surface area (Å²) >= 11 is 0. The molecule has 0 saturated carbocycles. The van der Waals surface area contributed by atoms with Crippen LogP contribution < -0.4 is 5.32 Å². The minimum absolute atomic E-state index is 0.00231. The van der Waals surface area contributed by atoms with E-state index in [0.717, 1.165) is 0 Å². The monoisotopic (exact) mass is 268 g/mol. The second-order valence-corrected chi connectivity index (χ2v) is 4.07. The Hall–Kier alpha value is -1.95. The third kappa shape index (κ3) is 5.96. The van der Waals surface area contributed by atoms with Gasteiger partial charge in [0, 0.05) is 12.2 Å². The summed E-state index contributed by atoms with van der Waals surface area (Å²) in [4.78, 5) is 23.9. The summed E-state index contributed by atoms with van der Waals surface area (Å²) < 4.78 is 12.7. The lowest BCUT2D eigenvalue weighted by Gasteiger charge is -2.18. The molecule has 1 aromatic rings. The Balaban J connectivity index is 2.44. The fourth-order valence-corrected chi connectivity index (χ4v) is 1.54. The summed E-state index contributed by atoms with van der Waals surface area (Å²) in [5.74, 6) is -1.51. The van der Waals surface area contributed by atoms with Crippen LogP contribution in [0.5, 0.6) is 0 Å². The molecule has 1 rings (SSSR count). The maximum Gasteiger partial charge on any atom is 0.304 e. The molecule has 0 heterocycles. The number of carboxylic acids is 1. The number of carbonyl (C=O) groups excluding carboxylic acids is 1. The number of benzene rings is 1. The SMILES string of the molecule is CCN(CCC(=O)O)CC(=O)Nc1ccc(F)cc1. The Morgan fingerprint density at radius 3 is 2.47 bits per heavy atom. The summed E-state index contributed by atoms with van der Waals surface area (Å²) in [5.41, 5.74) is 0.515. The summed E-state index contributed by atoms with van der Waals surface area (Å²) in [6, 6.07) is 5.47. The van der Waals surface area contributed by atoms with Gasteiger partial charge in [0.15, 0.2) is 0 Å². The van der Waals surface area contributed by atoms with E-state index in [1.807, 2.05) is 6.92 Å². The molecule has 0 saturated heterocycles. The van der Waals surface area contributed by atoms with Crippen molar-refractivity contribution in [1.82, 2.24) is 4.90 Å². The lowest BCUT2D eigenvalue weighted by atomic mass is 10.3. The fourth-order valence-electron chi connectivity index (χ4n) is 1.54. The van der Waals surface area contributed by atoms with Crippen LogP contribution in [-0.4, -0.2) is 41.5 Å². The van der Waals surface area contributed by atoms with Gasteiger partial charge in [-0.15, -0.1) is 0 Å². The largest absolute Gasteiger partial charge is 0.481 e. The first-order valence-electron chi connectivity index (χ1n) is 6.01. The molecule has 0 atom stereocenters. The van der Waals surface area contributed by atoms with Gasteiger partial charge in [0.1, 0.15) is 5.82 Å². The molecule has 1 aromatic carbocycles. The van der Waals surface area contributed by atoms with Crippen LogP contribution >= 0.6 is 0 Å². The molecule has 0 spiro atoms. The maximum absolute atomic E-state index is 12.7. The van der Waals surface area contributed by atoms with Crippen molar-refractivity contribution in [2.24, 2.45) is 0 Å². The molecule has 0 bridgehead atoms. The van der Waals surface area contributed by atoms with Crippen LogP contribution in [0.25, 0.3) is 0 Å². The number of likely N-dealkylation sites (N-methyl/N-ethyl adjacent to an activating group) is 1. The quantitative estimate of drug-likeness (QED) is 0.787. The molecule has 0 aliphatic carbocycles. The summed E-state index contributed by atoms with van der Waals surface area (Å²) in [7, 11) is 0. The number of hydrogen-bond acceptors (Lipinski definition) is 3. The first-order chi connectivity index (χ1) is 9.01. The minimum atomic E-state index is -0.891. The van der Waals surface area contributed by atoms with Crippen LogP contribution in [0.4, 0.5) is 10.1 Å². The van der Waals surface area contributed by atoms with Crippen molar-refractivity contribution in [1.29, 1.82) is 0 Å². The third-order valence-corrected chi connectivity index (χ3v) is 2.58. The van der Waals surface area contributed by atoms with Crippen LogP contribution in [0.15, 0.2) is 24.3 Å². The molecule has 0 aromatic heterocycles. The topological polar surface area (TPSA) is 69.6 Å². The predicted molar refractivity (Wildman–Crippen MR) is 69.4 cm³/mol. The maximum atomic E-state index is 12.7.